The summed E-state index contributed by atoms with van der Waals surface area (Å²) in [6.45, 7) is 4.38. The van der Waals surface area contributed by atoms with Crippen molar-refractivity contribution in [3.05, 3.63) is 82.4 Å². The first-order valence-corrected chi connectivity index (χ1v) is 9.82. The van der Waals surface area contributed by atoms with Gasteiger partial charge in [0.15, 0.2) is 0 Å². The monoisotopic (exact) mass is 408 g/mol. The lowest BCUT2D eigenvalue weighted by molar-refractivity contribution is 0.0600. The number of esters is 1. The number of methoxy groups -OCH3 is 1. The molecule has 0 aliphatic carbocycles. The molecule has 0 saturated heterocycles. The van der Waals surface area contributed by atoms with Gasteiger partial charge in [-0.1, -0.05) is 37.3 Å². The van der Waals surface area contributed by atoms with Gasteiger partial charge in [0.05, 0.1) is 18.2 Å². The zero-order chi connectivity index (χ0) is 21.8. The summed E-state index contributed by atoms with van der Waals surface area (Å²) in [6.07, 6.45) is 1.16. The van der Waals surface area contributed by atoms with Crippen LogP contribution in [0.2, 0.25) is 0 Å². The fraction of sp³-hybridized carbons (Fsp3) is 0.250. The van der Waals surface area contributed by atoms with Crippen molar-refractivity contribution >= 4 is 11.9 Å². The zero-order valence-corrected chi connectivity index (χ0v) is 17.4. The number of aryl methyl sites for hydroxylation is 1. The lowest BCUT2D eigenvalue weighted by Crippen LogP contribution is -2.14. The first-order chi connectivity index (χ1) is 14.4. The molecule has 0 fully saturated rings. The summed E-state index contributed by atoms with van der Waals surface area (Å²) in [6, 6.07) is 13.6. The minimum absolute atomic E-state index is 0.242. The van der Waals surface area contributed by atoms with Crippen LogP contribution in [0.15, 0.2) is 48.5 Å². The Hall–Kier alpha value is -3.41. The molecule has 0 unspecified atom stereocenters. The Morgan fingerprint density at radius 2 is 1.77 bits per heavy atom. The van der Waals surface area contributed by atoms with Crippen LogP contribution in [0, 0.1) is 12.7 Å². The molecule has 2 N–H and O–H groups in total. The van der Waals surface area contributed by atoms with Gasteiger partial charge in [0, 0.05) is 23.5 Å². The van der Waals surface area contributed by atoms with Gasteiger partial charge in [-0.15, -0.1) is 0 Å². The summed E-state index contributed by atoms with van der Waals surface area (Å²) in [5.41, 5.74) is 10.5. The van der Waals surface area contributed by atoms with Gasteiger partial charge in [-0.25, -0.2) is 9.18 Å². The molecule has 0 atom stereocenters. The lowest BCUT2D eigenvalue weighted by Gasteiger charge is -2.12. The van der Waals surface area contributed by atoms with Gasteiger partial charge >= 0.3 is 5.97 Å². The summed E-state index contributed by atoms with van der Waals surface area (Å²) in [4.78, 5) is 24.1. The van der Waals surface area contributed by atoms with Crippen LogP contribution in [-0.2, 0) is 24.1 Å². The van der Waals surface area contributed by atoms with Gasteiger partial charge in [-0.05, 0) is 49.1 Å². The number of aromatic nitrogens is 1. The van der Waals surface area contributed by atoms with Crippen LogP contribution in [-0.4, -0.2) is 23.6 Å². The van der Waals surface area contributed by atoms with Crippen LogP contribution in [0.5, 0.6) is 0 Å². The van der Waals surface area contributed by atoms with Crippen LogP contribution >= 0.6 is 0 Å². The van der Waals surface area contributed by atoms with E-state index in [4.69, 9.17) is 10.5 Å². The number of hydrogen-bond acceptors (Lipinski definition) is 3. The summed E-state index contributed by atoms with van der Waals surface area (Å²) in [7, 11) is 1.33. The highest BCUT2D eigenvalue weighted by molar-refractivity contribution is 6.02. The number of amides is 1. The maximum Gasteiger partial charge on any atom is 0.337 e. The molecule has 30 heavy (non-hydrogen) atoms. The number of benzene rings is 2. The van der Waals surface area contributed by atoms with E-state index in [9.17, 15) is 14.0 Å². The van der Waals surface area contributed by atoms with Crippen LogP contribution in [0.3, 0.4) is 0 Å². The number of rotatable bonds is 7. The van der Waals surface area contributed by atoms with E-state index in [0.29, 0.717) is 36.1 Å². The highest BCUT2D eigenvalue weighted by atomic mass is 19.1. The number of primary amides is 1. The van der Waals surface area contributed by atoms with Gasteiger partial charge in [0.1, 0.15) is 5.82 Å². The van der Waals surface area contributed by atoms with Gasteiger partial charge in [-0.2, -0.15) is 0 Å². The molecule has 0 radical (unpaired) electrons. The van der Waals surface area contributed by atoms with Crippen molar-refractivity contribution < 1.29 is 18.7 Å². The fourth-order valence-corrected chi connectivity index (χ4v) is 3.90. The smallest absolute Gasteiger partial charge is 0.337 e. The number of hydrogen-bond donors (Lipinski definition) is 1. The Kier molecular flexibility index (Phi) is 6.35. The number of nitrogens with two attached hydrogens (primary N) is 1. The Balaban J connectivity index is 2.06. The van der Waals surface area contributed by atoms with E-state index >= 15 is 0 Å². The molecule has 3 rings (SSSR count). The average Bonchev–Trinajstić information content (AvgIpc) is 3.04. The molecule has 5 nitrogen and oxygen atoms in total. The van der Waals surface area contributed by atoms with E-state index < -0.39 is 11.9 Å². The van der Waals surface area contributed by atoms with Gasteiger partial charge in [0.25, 0.3) is 5.91 Å². The molecule has 0 aliphatic rings. The van der Waals surface area contributed by atoms with Crippen molar-refractivity contribution in [2.45, 2.75) is 33.2 Å². The standard InChI is InChI=1S/C24H25FN2O3/c1-4-20-22(17-9-11-18(12-10-17)24(29)30-3)21(23(26)28)15(2)27(20)14-13-16-7-5-6-8-19(16)25/h5-12H,4,13-14H2,1-3H3,(H2,26,28). The largest absolute Gasteiger partial charge is 0.465 e. The topological polar surface area (TPSA) is 74.3 Å². The van der Waals surface area contributed by atoms with Gasteiger partial charge in [0.2, 0.25) is 0 Å². The minimum atomic E-state index is -0.515. The molecule has 0 saturated carbocycles. The molecule has 2 aromatic carbocycles. The third-order valence-corrected chi connectivity index (χ3v) is 5.37. The Morgan fingerprint density at radius 1 is 1.10 bits per heavy atom. The van der Waals surface area contributed by atoms with E-state index in [1.165, 1.54) is 13.2 Å². The predicted molar refractivity (Wildman–Crippen MR) is 114 cm³/mol. The molecule has 3 aromatic rings. The average molecular weight is 408 g/mol. The Morgan fingerprint density at radius 3 is 2.33 bits per heavy atom. The number of ether oxygens (including phenoxy) is 1. The van der Waals surface area contributed by atoms with Crippen LogP contribution in [0.1, 0.15) is 44.6 Å². The predicted octanol–water partition coefficient (Wildman–Crippen LogP) is 4.29. The Labute approximate surface area is 175 Å². The SMILES string of the molecule is CCc1c(-c2ccc(C(=O)OC)cc2)c(C(N)=O)c(C)n1CCc1ccccc1F. The number of halogens is 1. The van der Waals surface area contributed by atoms with Crippen molar-refractivity contribution in [1.29, 1.82) is 0 Å². The van der Waals surface area contributed by atoms with Gasteiger partial charge < -0.3 is 15.0 Å². The van der Waals surface area contributed by atoms with E-state index in [0.717, 1.165) is 22.5 Å². The van der Waals surface area contributed by atoms with E-state index in [2.05, 4.69) is 0 Å². The second-order valence-electron chi connectivity index (χ2n) is 7.06. The molecule has 1 aromatic heterocycles. The molecule has 6 heteroatoms. The molecule has 156 valence electrons. The van der Waals surface area contributed by atoms with E-state index in [1.54, 1.807) is 36.4 Å². The number of carbonyl (C=O) groups excluding carboxylic acids is 2. The van der Waals surface area contributed by atoms with Crippen molar-refractivity contribution in [2.24, 2.45) is 5.73 Å². The third kappa shape index (κ3) is 3.99. The summed E-state index contributed by atoms with van der Waals surface area (Å²) < 4.78 is 20.8. The quantitative estimate of drug-likeness (QED) is 0.593. The Bertz CT molecular complexity index is 1080. The molecular formula is C24H25FN2O3. The molecule has 0 spiro atoms. The van der Waals surface area contributed by atoms with E-state index in [1.807, 2.05) is 24.5 Å². The highest BCUT2D eigenvalue weighted by Crippen LogP contribution is 2.33. The second-order valence-corrected chi connectivity index (χ2v) is 7.06. The highest BCUT2D eigenvalue weighted by Gasteiger charge is 2.24. The van der Waals surface area contributed by atoms with Crippen LogP contribution < -0.4 is 5.73 Å². The van der Waals surface area contributed by atoms with Crippen LogP contribution in [0.25, 0.3) is 11.1 Å². The lowest BCUT2D eigenvalue weighted by atomic mass is 9.98. The van der Waals surface area contributed by atoms with E-state index in [-0.39, 0.29) is 5.82 Å². The summed E-state index contributed by atoms with van der Waals surface area (Å²) in [5, 5.41) is 0. The molecular weight excluding hydrogens is 383 g/mol. The maximum absolute atomic E-state index is 14.1. The third-order valence-electron chi connectivity index (χ3n) is 5.37. The van der Waals surface area contributed by atoms with Crippen molar-refractivity contribution in [3.8, 4) is 11.1 Å². The van der Waals surface area contributed by atoms with Crippen molar-refractivity contribution in [3.63, 3.8) is 0 Å². The van der Waals surface area contributed by atoms with Crippen molar-refractivity contribution in [2.75, 3.05) is 7.11 Å². The first-order valence-electron chi connectivity index (χ1n) is 9.82. The first kappa shape index (κ1) is 21.3. The number of nitrogens with zero attached hydrogens (tertiary/aromatic N) is 1. The zero-order valence-electron chi connectivity index (χ0n) is 17.4. The number of carbonyl (C=O) groups is 2. The minimum Gasteiger partial charge on any atom is -0.465 e. The molecule has 0 aliphatic heterocycles. The fourth-order valence-electron chi connectivity index (χ4n) is 3.90. The van der Waals surface area contributed by atoms with Crippen molar-refractivity contribution in [1.82, 2.24) is 4.57 Å². The molecule has 1 heterocycles. The maximum atomic E-state index is 14.1. The van der Waals surface area contributed by atoms with Crippen LogP contribution in [0.4, 0.5) is 4.39 Å². The normalized spacial score (nSPS) is 10.8. The summed E-state index contributed by atoms with van der Waals surface area (Å²) >= 11 is 0. The molecule has 1 amide bonds. The van der Waals surface area contributed by atoms with Gasteiger partial charge in [-0.3, -0.25) is 4.79 Å². The second kappa shape index (κ2) is 8.95. The molecule has 0 bridgehead atoms. The summed E-state index contributed by atoms with van der Waals surface area (Å²) in [5.74, 6) is -1.18.